The second kappa shape index (κ2) is 6.59. The first-order chi connectivity index (χ1) is 6.17. The fourth-order valence-corrected chi connectivity index (χ4v) is 4.84. The zero-order valence-electron chi connectivity index (χ0n) is 7.19. The van der Waals surface area contributed by atoms with Gasteiger partial charge in [-0.3, -0.25) is 0 Å². The molecule has 1 aliphatic heterocycles. The van der Waals surface area contributed by atoms with Gasteiger partial charge in [0.2, 0.25) is 0 Å². The molecule has 1 rings (SSSR count). The van der Waals surface area contributed by atoms with Crippen LogP contribution in [0.4, 0.5) is 0 Å². The lowest BCUT2D eigenvalue weighted by Crippen LogP contribution is -2.32. The first kappa shape index (κ1) is 13.1. The van der Waals surface area contributed by atoms with Gasteiger partial charge < -0.3 is 5.11 Å². The van der Waals surface area contributed by atoms with Gasteiger partial charge in [0, 0.05) is 68.1 Å². The Morgan fingerprint density at radius 2 is 1.92 bits per heavy atom. The minimum atomic E-state index is -0.227. The Labute approximate surface area is 112 Å². The molecule has 1 saturated heterocycles. The van der Waals surface area contributed by atoms with Crippen LogP contribution in [0.25, 0.3) is 0 Å². The summed E-state index contributed by atoms with van der Waals surface area (Å²) in [6.45, 7) is 4.75. The second-order valence-electron chi connectivity index (χ2n) is 3.09. The minimum Gasteiger partial charge on any atom is -0.390 e. The molecule has 7 heteroatoms. The summed E-state index contributed by atoms with van der Waals surface area (Å²) in [7, 11) is 3.37. The molecule has 0 aromatic rings. The van der Waals surface area contributed by atoms with Crippen molar-refractivity contribution in [2.75, 3.05) is 19.6 Å². The third kappa shape index (κ3) is 4.19. The van der Waals surface area contributed by atoms with Crippen LogP contribution in [-0.2, 0) is 0 Å². The van der Waals surface area contributed by atoms with Crippen LogP contribution in [0, 0.1) is 0 Å². The lowest BCUT2D eigenvalue weighted by atomic mass is 10.3. The van der Waals surface area contributed by atoms with Crippen molar-refractivity contribution < 1.29 is 5.11 Å². The molecule has 1 fully saturated rings. The lowest BCUT2D eigenvalue weighted by Gasteiger charge is -2.24. The van der Waals surface area contributed by atoms with Gasteiger partial charge in [0.25, 0.3) is 0 Å². The average Bonchev–Trinajstić information content (AvgIpc) is 2.25. The van der Waals surface area contributed by atoms with E-state index in [1.807, 2.05) is 0 Å². The molecular formula is C6H12I2N2OS2. The molecule has 1 heterocycles. The number of hydrogen-bond donors (Lipinski definition) is 1. The van der Waals surface area contributed by atoms with Crippen LogP contribution in [0.1, 0.15) is 6.92 Å². The Morgan fingerprint density at radius 1 is 1.23 bits per heavy atom. The highest BCUT2D eigenvalue weighted by atomic mass is 127. The van der Waals surface area contributed by atoms with Crippen LogP contribution >= 0.6 is 60.6 Å². The Bertz CT molecular complexity index is 166. The topological polar surface area (TPSA) is 26.7 Å². The van der Waals surface area contributed by atoms with E-state index in [1.54, 1.807) is 18.2 Å². The summed E-state index contributed by atoms with van der Waals surface area (Å²) in [5, 5.41) is 9.69. The molecule has 0 bridgehead atoms. The van der Waals surface area contributed by atoms with Crippen molar-refractivity contribution in [2.24, 2.45) is 0 Å². The predicted octanol–water partition coefficient (Wildman–Crippen LogP) is 2.35. The maximum atomic E-state index is 9.69. The molecule has 0 spiro atoms. The molecule has 0 aliphatic carbocycles. The van der Waals surface area contributed by atoms with Gasteiger partial charge in [0.15, 0.2) is 0 Å². The van der Waals surface area contributed by atoms with Crippen molar-refractivity contribution >= 4 is 60.6 Å². The van der Waals surface area contributed by atoms with Crippen molar-refractivity contribution in [3.8, 4) is 0 Å². The Hall–Kier alpha value is 2.04. The van der Waals surface area contributed by atoms with Gasteiger partial charge in [-0.15, -0.1) is 0 Å². The van der Waals surface area contributed by atoms with Crippen molar-refractivity contribution in [1.82, 2.24) is 8.61 Å². The van der Waals surface area contributed by atoms with E-state index in [2.05, 4.69) is 57.9 Å². The summed E-state index contributed by atoms with van der Waals surface area (Å²) in [6, 6.07) is 0.501. The molecule has 0 aromatic heterocycles. The molecule has 0 aromatic carbocycles. The molecule has 0 radical (unpaired) electrons. The highest BCUT2D eigenvalue weighted by Crippen LogP contribution is 2.28. The van der Waals surface area contributed by atoms with Crippen LogP contribution < -0.4 is 0 Å². The molecule has 0 amide bonds. The third-order valence-electron chi connectivity index (χ3n) is 1.95. The molecule has 2 atom stereocenters. The van der Waals surface area contributed by atoms with Crippen LogP contribution in [0.15, 0.2) is 0 Å². The summed E-state index contributed by atoms with van der Waals surface area (Å²) in [5.74, 6) is 0. The van der Waals surface area contributed by atoms with Crippen LogP contribution in [0.5, 0.6) is 0 Å². The number of β-amino-alcohol motifs (C(OH)–C–C–N with tert-alkyl or cyclic N) is 1. The van der Waals surface area contributed by atoms with Crippen molar-refractivity contribution in [3.63, 3.8) is 0 Å². The van der Waals surface area contributed by atoms with E-state index in [0.29, 0.717) is 6.04 Å². The Morgan fingerprint density at radius 3 is 2.46 bits per heavy atom. The van der Waals surface area contributed by atoms with Crippen LogP contribution in [0.3, 0.4) is 0 Å². The second-order valence-corrected chi connectivity index (χ2v) is 6.71. The normalized spacial score (nSPS) is 33.2. The van der Waals surface area contributed by atoms with Crippen LogP contribution in [0.2, 0.25) is 0 Å². The smallest absolute Gasteiger partial charge is 0.0813 e. The molecule has 2 unspecified atom stereocenters. The van der Waals surface area contributed by atoms with Crippen molar-refractivity contribution in [1.29, 1.82) is 0 Å². The largest absolute Gasteiger partial charge is 0.390 e. The van der Waals surface area contributed by atoms with Gasteiger partial charge in [0.05, 0.1) is 6.10 Å². The number of hydrogen-bond acceptors (Lipinski definition) is 5. The molecule has 1 aliphatic rings. The van der Waals surface area contributed by atoms with Gasteiger partial charge in [-0.2, -0.15) is 0 Å². The quantitative estimate of drug-likeness (QED) is 0.520. The van der Waals surface area contributed by atoms with E-state index < -0.39 is 0 Å². The maximum absolute atomic E-state index is 9.69. The first-order valence-electron chi connectivity index (χ1n) is 3.94. The highest BCUT2D eigenvalue weighted by molar-refractivity contribution is 14.2. The number of nitrogens with zero attached hydrogens (tertiary/aromatic N) is 2. The van der Waals surface area contributed by atoms with E-state index in [1.165, 1.54) is 0 Å². The standard InChI is InChI=1S/C6H12I2N2OS2/c1-5-2-9(12-7)3-6(11)4-10(5)13-8/h5-6,11H,2-4H2,1H3. The SMILES string of the molecule is CC1CN(SI)CC(O)CN1SI. The van der Waals surface area contributed by atoms with Gasteiger partial charge >= 0.3 is 0 Å². The van der Waals surface area contributed by atoms with E-state index in [0.717, 1.165) is 19.6 Å². The highest BCUT2D eigenvalue weighted by Gasteiger charge is 2.26. The average molecular weight is 446 g/mol. The van der Waals surface area contributed by atoms with Crippen molar-refractivity contribution in [2.45, 2.75) is 19.1 Å². The number of aliphatic hydroxyl groups is 1. The van der Waals surface area contributed by atoms with Gasteiger partial charge in [-0.05, 0) is 25.2 Å². The first-order valence-corrected chi connectivity index (χ1v) is 10.6. The van der Waals surface area contributed by atoms with Crippen molar-refractivity contribution in [3.05, 3.63) is 0 Å². The summed E-state index contributed by atoms with van der Waals surface area (Å²) in [6.07, 6.45) is -0.227. The maximum Gasteiger partial charge on any atom is 0.0813 e. The minimum absolute atomic E-state index is 0.227. The predicted molar refractivity (Wildman–Crippen MR) is 77.0 cm³/mol. The van der Waals surface area contributed by atoms with Crippen LogP contribution in [-0.4, -0.2) is 45.5 Å². The fraction of sp³-hybridized carbons (Fsp3) is 1.00. The van der Waals surface area contributed by atoms with E-state index in [-0.39, 0.29) is 6.10 Å². The molecule has 0 saturated carbocycles. The monoisotopic (exact) mass is 446 g/mol. The Kier molecular flexibility index (Phi) is 6.64. The molecule has 13 heavy (non-hydrogen) atoms. The summed E-state index contributed by atoms with van der Waals surface area (Å²) in [4.78, 5) is 0. The van der Waals surface area contributed by atoms with E-state index >= 15 is 0 Å². The zero-order chi connectivity index (χ0) is 9.84. The number of rotatable bonds is 2. The van der Waals surface area contributed by atoms with Gasteiger partial charge in [-0.1, -0.05) is 0 Å². The molecule has 1 N–H and O–H groups in total. The molecular weight excluding hydrogens is 434 g/mol. The number of halogens is 2. The fourth-order valence-electron chi connectivity index (χ4n) is 1.29. The lowest BCUT2D eigenvalue weighted by molar-refractivity contribution is 0.148. The number of aliphatic hydroxyl groups excluding tert-OH is 1. The van der Waals surface area contributed by atoms with Gasteiger partial charge in [-0.25, -0.2) is 8.61 Å². The van der Waals surface area contributed by atoms with Gasteiger partial charge in [0.1, 0.15) is 0 Å². The summed E-state index contributed by atoms with van der Waals surface area (Å²) < 4.78 is 4.45. The molecule has 78 valence electrons. The summed E-state index contributed by atoms with van der Waals surface area (Å²) >= 11 is 4.54. The van der Waals surface area contributed by atoms with E-state index in [4.69, 9.17) is 0 Å². The zero-order valence-corrected chi connectivity index (χ0v) is 13.1. The third-order valence-corrected chi connectivity index (χ3v) is 6.32. The van der Waals surface area contributed by atoms with E-state index in [9.17, 15) is 5.11 Å². The summed E-state index contributed by atoms with van der Waals surface area (Å²) in [5.41, 5.74) is 0. The Balaban J connectivity index is 2.56. The molecule has 3 nitrogen and oxygen atoms in total.